The van der Waals surface area contributed by atoms with Crippen LogP contribution in [0.2, 0.25) is 0 Å². The third-order valence-corrected chi connectivity index (χ3v) is 8.81. The minimum Gasteiger partial charge on any atom is -0.489 e. The van der Waals surface area contributed by atoms with Crippen molar-refractivity contribution in [1.82, 2.24) is 0 Å². The Balaban J connectivity index is 1.04. The molecule has 7 aromatic carbocycles. The Morgan fingerprint density at radius 2 is 0.464 bits per heavy atom. The zero-order valence-corrected chi connectivity index (χ0v) is 31.1. The topological polar surface area (TPSA) is 75.6 Å². The Morgan fingerprint density at radius 1 is 0.250 bits per heavy atom. The van der Waals surface area contributed by atoms with Gasteiger partial charge in [0.15, 0.2) is 0 Å². The van der Waals surface area contributed by atoms with Gasteiger partial charge in [-0.15, -0.1) is 0 Å². The normalized spacial score (nSPS) is 10.7. The second kappa shape index (κ2) is 19.6. The van der Waals surface area contributed by atoms with Gasteiger partial charge in [-0.2, -0.15) is 0 Å². The molecule has 0 unspecified atom stereocenters. The van der Waals surface area contributed by atoms with E-state index in [0.29, 0.717) is 66.5 Å². The van der Waals surface area contributed by atoms with Crippen LogP contribution < -0.4 is 28.4 Å². The molecular weight excluding hydrogens is 701 g/mol. The van der Waals surface area contributed by atoms with Crippen molar-refractivity contribution in [3.8, 4) is 34.5 Å². The van der Waals surface area contributed by atoms with Gasteiger partial charge in [-0.25, -0.2) is 0 Å². The monoisotopic (exact) mass is 744 g/mol. The Kier molecular flexibility index (Phi) is 13.1. The van der Waals surface area contributed by atoms with Crippen molar-refractivity contribution in [2.45, 2.75) is 46.2 Å². The molecule has 282 valence electrons. The minimum atomic E-state index is -0.172. The molecule has 7 heteroatoms. The van der Waals surface area contributed by atoms with Gasteiger partial charge >= 0.3 is 0 Å². The molecule has 0 saturated heterocycles. The molecule has 0 amide bonds. The number of aliphatic hydroxyl groups is 1. The molecule has 0 atom stereocenters. The number of hydrogen-bond acceptors (Lipinski definition) is 7. The van der Waals surface area contributed by atoms with E-state index in [1.54, 1.807) is 0 Å². The molecule has 0 radical (unpaired) electrons. The summed E-state index contributed by atoms with van der Waals surface area (Å²) in [5, 5.41) is 10.1. The standard InChI is InChI=1S/C49H44O7/c50-30-41-21-44(55-35-42-23-46(51-31-37-13-5-1-6-14-37)28-47(24-42)52-32-38-15-7-2-8-16-38)27-45(22-41)56-36-43-25-48(53-33-39-17-9-3-10-18-39)29-49(26-43)54-34-40-19-11-4-12-20-40/h1-29,50H,30-36H2. The molecule has 0 spiro atoms. The van der Waals surface area contributed by atoms with E-state index in [-0.39, 0.29) is 19.8 Å². The van der Waals surface area contributed by atoms with Gasteiger partial charge in [-0.1, -0.05) is 121 Å². The number of benzene rings is 7. The summed E-state index contributed by atoms with van der Waals surface area (Å²) in [5.41, 5.74) is 6.66. The van der Waals surface area contributed by atoms with Gasteiger partial charge in [0.2, 0.25) is 0 Å². The van der Waals surface area contributed by atoms with Crippen LogP contribution in [0.4, 0.5) is 0 Å². The SMILES string of the molecule is OCc1cc(OCc2cc(OCc3ccccc3)cc(OCc3ccccc3)c2)cc(OCc2cc(OCc3ccccc3)cc(OCc3ccccc3)c2)c1. The van der Waals surface area contributed by atoms with E-state index in [0.717, 1.165) is 33.4 Å². The van der Waals surface area contributed by atoms with Crippen molar-refractivity contribution in [3.63, 3.8) is 0 Å². The Labute approximate surface area is 328 Å². The third kappa shape index (κ3) is 11.6. The van der Waals surface area contributed by atoms with E-state index < -0.39 is 0 Å². The first-order chi connectivity index (χ1) is 27.6. The summed E-state index contributed by atoms with van der Waals surface area (Å²) < 4.78 is 37.4. The first-order valence-corrected chi connectivity index (χ1v) is 18.6. The number of aliphatic hydroxyl groups excluding tert-OH is 1. The molecule has 0 bridgehead atoms. The van der Waals surface area contributed by atoms with Gasteiger partial charge in [-0.05, 0) is 75.3 Å². The predicted octanol–water partition coefficient (Wildman–Crippen LogP) is 10.7. The molecule has 0 fully saturated rings. The fourth-order valence-corrected chi connectivity index (χ4v) is 5.95. The maximum Gasteiger partial charge on any atom is 0.123 e. The molecule has 0 aliphatic heterocycles. The molecular formula is C49H44O7. The molecule has 7 nitrogen and oxygen atoms in total. The second-order valence-corrected chi connectivity index (χ2v) is 13.3. The minimum absolute atomic E-state index is 0.172. The lowest BCUT2D eigenvalue weighted by atomic mass is 10.2. The van der Waals surface area contributed by atoms with Crippen LogP contribution in [0.5, 0.6) is 34.5 Å². The second-order valence-electron chi connectivity index (χ2n) is 13.3. The van der Waals surface area contributed by atoms with E-state index in [1.807, 2.05) is 176 Å². The fraction of sp³-hybridized carbons (Fsp3) is 0.143. The van der Waals surface area contributed by atoms with Gasteiger partial charge in [0.25, 0.3) is 0 Å². The highest BCUT2D eigenvalue weighted by Gasteiger charge is 2.11. The van der Waals surface area contributed by atoms with Crippen molar-refractivity contribution < 1.29 is 33.5 Å². The van der Waals surface area contributed by atoms with Gasteiger partial charge in [0, 0.05) is 18.2 Å². The molecule has 0 heterocycles. The number of ether oxygens (including phenoxy) is 6. The maximum atomic E-state index is 10.1. The summed E-state index contributed by atoms with van der Waals surface area (Å²) in [7, 11) is 0. The first kappa shape index (κ1) is 37.6. The highest BCUT2D eigenvalue weighted by molar-refractivity contribution is 5.42. The van der Waals surface area contributed by atoms with Crippen molar-refractivity contribution in [1.29, 1.82) is 0 Å². The molecule has 0 aliphatic rings. The van der Waals surface area contributed by atoms with Gasteiger partial charge < -0.3 is 33.5 Å². The summed E-state index contributed by atoms with van der Waals surface area (Å²) in [4.78, 5) is 0. The predicted molar refractivity (Wildman–Crippen MR) is 217 cm³/mol. The lowest BCUT2D eigenvalue weighted by Crippen LogP contribution is -2.03. The highest BCUT2D eigenvalue weighted by Crippen LogP contribution is 2.30. The quantitative estimate of drug-likeness (QED) is 0.0883. The van der Waals surface area contributed by atoms with Crippen LogP contribution in [0.25, 0.3) is 0 Å². The summed E-state index contributed by atoms with van der Waals surface area (Å²) in [6, 6.07) is 57.2. The Bertz CT molecular complexity index is 1960. The highest BCUT2D eigenvalue weighted by atomic mass is 16.5. The Morgan fingerprint density at radius 3 is 0.696 bits per heavy atom. The van der Waals surface area contributed by atoms with E-state index >= 15 is 0 Å². The molecule has 7 aromatic rings. The van der Waals surface area contributed by atoms with Crippen molar-refractivity contribution in [3.05, 3.63) is 215 Å². The van der Waals surface area contributed by atoms with E-state index in [1.165, 1.54) is 0 Å². The average Bonchev–Trinajstić information content (AvgIpc) is 3.26. The van der Waals surface area contributed by atoms with E-state index in [9.17, 15) is 5.11 Å². The molecule has 0 saturated carbocycles. The van der Waals surface area contributed by atoms with E-state index in [2.05, 4.69) is 0 Å². The van der Waals surface area contributed by atoms with Gasteiger partial charge in [0.05, 0.1) is 6.61 Å². The Hall–Kier alpha value is -6.70. The summed E-state index contributed by atoms with van der Waals surface area (Å²) in [5.74, 6) is 3.81. The van der Waals surface area contributed by atoms with Crippen molar-refractivity contribution in [2.24, 2.45) is 0 Å². The largest absolute Gasteiger partial charge is 0.489 e. The van der Waals surface area contributed by atoms with Crippen LogP contribution in [0.15, 0.2) is 176 Å². The van der Waals surface area contributed by atoms with Crippen LogP contribution in [0.3, 0.4) is 0 Å². The number of rotatable bonds is 19. The average molecular weight is 745 g/mol. The summed E-state index contributed by atoms with van der Waals surface area (Å²) in [6.07, 6.45) is 0. The van der Waals surface area contributed by atoms with Crippen molar-refractivity contribution >= 4 is 0 Å². The zero-order chi connectivity index (χ0) is 38.2. The van der Waals surface area contributed by atoms with Crippen LogP contribution in [-0.4, -0.2) is 5.11 Å². The third-order valence-electron chi connectivity index (χ3n) is 8.81. The van der Waals surface area contributed by atoms with Crippen LogP contribution in [0.1, 0.15) is 38.9 Å². The summed E-state index contributed by atoms with van der Waals surface area (Å²) in [6.45, 7) is 1.99. The van der Waals surface area contributed by atoms with Crippen molar-refractivity contribution in [2.75, 3.05) is 0 Å². The van der Waals surface area contributed by atoms with Crippen LogP contribution in [0, 0.1) is 0 Å². The van der Waals surface area contributed by atoms with E-state index in [4.69, 9.17) is 28.4 Å². The molecule has 1 N–H and O–H groups in total. The molecule has 0 aromatic heterocycles. The smallest absolute Gasteiger partial charge is 0.123 e. The lowest BCUT2D eigenvalue weighted by Gasteiger charge is -2.15. The maximum absolute atomic E-state index is 10.1. The van der Waals surface area contributed by atoms with Crippen LogP contribution in [-0.2, 0) is 46.2 Å². The molecule has 0 aliphatic carbocycles. The van der Waals surface area contributed by atoms with Gasteiger partial charge in [0.1, 0.15) is 74.1 Å². The first-order valence-electron chi connectivity index (χ1n) is 18.6. The molecule has 56 heavy (non-hydrogen) atoms. The fourth-order valence-electron chi connectivity index (χ4n) is 5.95. The van der Waals surface area contributed by atoms with Crippen LogP contribution >= 0.6 is 0 Å². The molecule has 7 rings (SSSR count). The van der Waals surface area contributed by atoms with Gasteiger partial charge in [-0.3, -0.25) is 0 Å². The number of hydrogen-bond donors (Lipinski definition) is 1. The zero-order valence-electron chi connectivity index (χ0n) is 31.1. The summed E-state index contributed by atoms with van der Waals surface area (Å²) >= 11 is 0. The lowest BCUT2D eigenvalue weighted by molar-refractivity contribution is 0.267.